The minimum atomic E-state index is -0.391. The first kappa shape index (κ1) is 24.5. The highest BCUT2D eigenvalue weighted by Gasteiger charge is 2.37. The van der Waals surface area contributed by atoms with Gasteiger partial charge in [0.2, 0.25) is 11.8 Å². The van der Waals surface area contributed by atoms with Crippen molar-refractivity contribution in [2.75, 3.05) is 13.7 Å². The summed E-state index contributed by atoms with van der Waals surface area (Å²) in [5.74, 6) is 1.11. The number of nitrogens with one attached hydrogen (secondary N) is 2. The molecule has 0 aliphatic carbocycles. The predicted molar refractivity (Wildman–Crippen MR) is 138 cm³/mol. The highest BCUT2D eigenvalue weighted by Crippen LogP contribution is 2.31. The molecule has 2 amide bonds. The highest BCUT2D eigenvalue weighted by atomic mass is 16.5. The molecule has 1 aliphatic rings. The standard InChI is InChI=1S/C30H34N2O3/c1-35-26-14-8-9-23(21-26)22-30(19-16-29(34)32-30)18-15-28(33)31-20-17-27(24-10-4-2-5-11-24)25-12-6-3-7-13-25/h2-14,21,27H,15-20,22H2,1H3,(H,31,33)(H,32,34)/t30-/m0/s1. The first-order valence-electron chi connectivity index (χ1n) is 12.4. The van der Waals surface area contributed by atoms with Gasteiger partial charge in [-0.15, -0.1) is 0 Å². The maximum atomic E-state index is 12.8. The van der Waals surface area contributed by atoms with Crippen molar-refractivity contribution < 1.29 is 14.3 Å². The fraction of sp³-hybridized carbons (Fsp3) is 0.333. The zero-order valence-corrected chi connectivity index (χ0v) is 20.3. The molecule has 0 saturated carbocycles. The minimum Gasteiger partial charge on any atom is -0.497 e. The Morgan fingerprint density at radius 3 is 2.29 bits per heavy atom. The Kier molecular flexibility index (Phi) is 8.19. The van der Waals surface area contributed by atoms with Crippen molar-refractivity contribution in [3.63, 3.8) is 0 Å². The molecule has 3 aromatic rings. The van der Waals surface area contributed by atoms with Crippen molar-refractivity contribution in [1.29, 1.82) is 0 Å². The third-order valence-corrected chi connectivity index (χ3v) is 6.90. The fourth-order valence-electron chi connectivity index (χ4n) is 5.05. The van der Waals surface area contributed by atoms with Crippen molar-refractivity contribution in [3.8, 4) is 5.75 Å². The van der Waals surface area contributed by atoms with Crippen molar-refractivity contribution in [1.82, 2.24) is 10.6 Å². The van der Waals surface area contributed by atoms with E-state index in [1.807, 2.05) is 36.4 Å². The second-order valence-electron chi connectivity index (χ2n) is 9.37. The van der Waals surface area contributed by atoms with Crippen LogP contribution in [0, 0.1) is 0 Å². The third-order valence-electron chi connectivity index (χ3n) is 6.90. The number of carbonyl (C=O) groups is 2. The Morgan fingerprint density at radius 1 is 1.00 bits per heavy atom. The number of rotatable bonds is 11. The molecule has 5 nitrogen and oxygen atoms in total. The van der Waals surface area contributed by atoms with Crippen molar-refractivity contribution in [3.05, 3.63) is 102 Å². The van der Waals surface area contributed by atoms with Gasteiger partial charge in [-0.1, -0.05) is 72.8 Å². The number of ether oxygens (including phenoxy) is 1. The number of methoxy groups -OCH3 is 1. The number of amides is 2. The molecule has 1 heterocycles. The van der Waals surface area contributed by atoms with E-state index in [1.54, 1.807) is 7.11 Å². The summed E-state index contributed by atoms with van der Waals surface area (Å²) in [5.41, 5.74) is 3.20. The van der Waals surface area contributed by atoms with Crippen LogP contribution in [-0.2, 0) is 16.0 Å². The van der Waals surface area contributed by atoms with E-state index in [-0.39, 0.29) is 17.7 Å². The summed E-state index contributed by atoms with van der Waals surface area (Å²) in [7, 11) is 1.65. The molecule has 0 aromatic heterocycles. The van der Waals surface area contributed by atoms with Crippen LogP contribution in [0.4, 0.5) is 0 Å². The molecule has 35 heavy (non-hydrogen) atoms. The van der Waals surface area contributed by atoms with Gasteiger partial charge in [0, 0.05) is 30.8 Å². The molecular weight excluding hydrogens is 436 g/mol. The van der Waals surface area contributed by atoms with Crippen LogP contribution < -0.4 is 15.4 Å². The van der Waals surface area contributed by atoms with E-state index in [1.165, 1.54) is 11.1 Å². The summed E-state index contributed by atoms with van der Waals surface area (Å²) < 4.78 is 5.35. The first-order valence-corrected chi connectivity index (χ1v) is 12.4. The van der Waals surface area contributed by atoms with Crippen molar-refractivity contribution in [2.24, 2.45) is 0 Å². The van der Waals surface area contributed by atoms with Gasteiger partial charge in [-0.25, -0.2) is 0 Å². The Balaban J connectivity index is 1.34. The van der Waals surface area contributed by atoms with Crippen molar-refractivity contribution >= 4 is 11.8 Å². The number of hydrogen-bond donors (Lipinski definition) is 2. The summed E-state index contributed by atoms with van der Waals surface area (Å²) >= 11 is 0. The molecule has 0 unspecified atom stereocenters. The van der Waals surface area contributed by atoms with E-state index < -0.39 is 5.54 Å². The summed E-state index contributed by atoms with van der Waals surface area (Å²) in [6.45, 7) is 0.600. The third kappa shape index (κ3) is 6.72. The minimum absolute atomic E-state index is 0.0241. The average Bonchev–Trinajstić information content (AvgIpc) is 3.26. The molecule has 0 spiro atoms. The van der Waals surface area contributed by atoms with Crippen molar-refractivity contribution in [2.45, 2.75) is 50.0 Å². The molecule has 1 saturated heterocycles. The summed E-state index contributed by atoms with van der Waals surface area (Å²) in [6, 6.07) is 28.8. The lowest BCUT2D eigenvalue weighted by Gasteiger charge is -2.29. The van der Waals surface area contributed by atoms with Crippen LogP contribution in [0.3, 0.4) is 0 Å². The van der Waals surface area contributed by atoms with Crippen LogP contribution in [-0.4, -0.2) is 31.0 Å². The maximum absolute atomic E-state index is 12.8. The monoisotopic (exact) mass is 470 g/mol. The topological polar surface area (TPSA) is 67.4 Å². The van der Waals surface area contributed by atoms with Gasteiger partial charge in [-0.2, -0.15) is 0 Å². The van der Waals surface area contributed by atoms with Crippen LogP contribution in [0.2, 0.25) is 0 Å². The second kappa shape index (κ2) is 11.7. The Hall–Kier alpha value is -3.60. The SMILES string of the molecule is COc1cccc(C[C@]2(CCC(=O)NCCC(c3ccccc3)c3ccccc3)CCC(=O)N2)c1. The van der Waals surface area contributed by atoms with E-state index in [4.69, 9.17) is 4.74 Å². The van der Waals surface area contributed by atoms with Crippen LogP contribution in [0.5, 0.6) is 5.75 Å². The zero-order valence-electron chi connectivity index (χ0n) is 20.3. The Morgan fingerprint density at radius 2 is 1.69 bits per heavy atom. The lowest BCUT2D eigenvalue weighted by molar-refractivity contribution is -0.122. The highest BCUT2D eigenvalue weighted by molar-refractivity contribution is 5.80. The van der Waals surface area contributed by atoms with Gasteiger partial charge in [-0.05, 0) is 54.5 Å². The summed E-state index contributed by atoms with van der Waals surface area (Å²) in [4.78, 5) is 24.9. The van der Waals surface area contributed by atoms with E-state index >= 15 is 0 Å². The number of carbonyl (C=O) groups excluding carboxylic acids is 2. The Bertz CT molecular complexity index is 1080. The summed E-state index contributed by atoms with van der Waals surface area (Å²) in [5, 5.41) is 6.28. The maximum Gasteiger partial charge on any atom is 0.220 e. The molecule has 1 atom stereocenters. The molecular formula is C30H34N2O3. The number of hydrogen-bond acceptors (Lipinski definition) is 3. The van der Waals surface area contributed by atoms with E-state index in [0.717, 1.165) is 24.2 Å². The molecule has 2 N–H and O–H groups in total. The average molecular weight is 471 g/mol. The van der Waals surface area contributed by atoms with Crippen LogP contribution >= 0.6 is 0 Å². The van der Waals surface area contributed by atoms with Crippen LogP contribution in [0.15, 0.2) is 84.9 Å². The van der Waals surface area contributed by atoms with Gasteiger partial charge >= 0.3 is 0 Å². The van der Waals surface area contributed by atoms with E-state index in [9.17, 15) is 9.59 Å². The van der Waals surface area contributed by atoms with E-state index in [0.29, 0.717) is 32.2 Å². The zero-order chi connectivity index (χ0) is 24.5. The fourth-order valence-corrected chi connectivity index (χ4v) is 5.05. The van der Waals surface area contributed by atoms with Crippen LogP contribution in [0.1, 0.15) is 54.7 Å². The molecule has 4 rings (SSSR count). The van der Waals surface area contributed by atoms with E-state index in [2.05, 4.69) is 59.2 Å². The van der Waals surface area contributed by atoms with Gasteiger partial charge in [0.15, 0.2) is 0 Å². The predicted octanol–water partition coefficient (Wildman–Crippen LogP) is 5.01. The molecule has 3 aromatic carbocycles. The number of benzene rings is 3. The first-order chi connectivity index (χ1) is 17.1. The van der Waals surface area contributed by atoms with Gasteiger partial charge in [-0.3, -0.25) is 9.59 Å². The Labute approximate surface area is 207 Å². The smallest absolute Gasteiger partial charge is 0.220 e. The van der Waals surface area contributed by atoms with Gasteiger partial charge in [0.1, 0.15) is 5.75 Å². The lowest BCUT2D eigenvalue weighted by Crippen LogP contribution is -2.44. The molecule has 182 valence electrons. The molecule has 0 bridgehead atoms. The molecule has 1 aliphatic heterocycles. The summed E-state index contributed by atoms with van der Waals surface area (Å²) in [6.07, 6.45) is 3.74. The lowest BCUT2D eigenvalue weighted by atomic mass is 9.85. The van der Waals surface area contributed by atoms with Gasteiger partial charge in [0.05, 0.1) is 7.11 Å². The normalized spacial score (nSPS) is 17.3. The largest absolute Gasteiger partial charge is 0.497 e. The van der Waals surface area contributed by atoms with Crippen LogP contribution in [0.25, 0.3) is 0 Å². The quantitative estimate of drug-likeness (QED) is 0.414. The molecule has 5 heteroatoms. The van der Waals surface area contributed by atoms with Gasteiger partial charge < -0.3 is 15.4 Å². The molecule has 0 radical (unpaired) electrons. The second-order valence-corrected chi connectivity index (χ2v) is 9.37. The van der Waals surface area contributed by atoms with Gasteiger partial charge in [0.25, 0.3) is 0 Å². The molecule has 1 fully saturated rings.